The van der Waals surface area contributed by atoms with Gasteiger partial charge in [0.1, 0.15) is 12.4 Å². The van der Waals surface area contributed by atoms with Crippen molar-refractivity contribution in [2.24, 2.45) is 0 Å². The van der Waals surface area contributed by atoms with Gasteiger partial charge in [0.15, 0.2) is 0 Å². The molecular formula is C16H19FN2O. The van der Waals surface area contributed by atoms with Gasteiger partial charge in [0.2, 0.25) is 5.91 Å². The third-order valence-corrected chi connectivity index (χ3v) is 4.02. The Balaban J connectivity index is 1.78. The lowest BCUT2D eigenvalue weighted by atomic mass is 10.2. The molecule has 0 aliphatic carbocycles. The minimum atomic E-state index is -0.233. The average Bonchev–Trinajstić information content (AvgIpc) is 2.69. The maximum atomic E-state index is 13.6. The number of likely N-dealkylation sites (tertiary alicyclic amines) is 1. The molecule has 2 heterocycles. The van der Waals surface area contributed by atoms with E-state index in [9.17, 15) is 9.18 Å². The second-order valence-corrected chi connectivity index (χ2v) is 5.41. The SMILES string of the molecule is O=C(Cn1ccc2c(F)cccc21)N1CCCCCC1. The van der Waals surface area contributed by atoms with Gasteiger partial charge in [-0.3, -0.25) is 4.79 Å². The van der Waals surface area contributed by atoms with E-state index in [1.165, 1.54) is 18.9 Å². The molecule has 0 unspecified atom stereocenters. The van der Waals surface area contributed by atoms with Crippen molar-refractivity contribution in [1.82, 2.24) is 9.47 Å². The van der Waals surface area contributed by atoms with Crippen LogP contribution in [0.5, 0.6) is 0 Å². The smallest absolute Gasteiger partial charge is 0.242 e. The van der Waals surface area contributed by atoms with Crippen molar-refractivity contribution < 1.29 is 9.18 Å². The molecule has 1 aliphatic rings. The van der Waals surface area contributed by atoms with Gasteiger partial charge in [-0.15, -0.1) is 0 Å². The second-order valence-electron chi connectivity index (χ2n) is 5.41. The molecule has 1 aromatic heterocycles. The van der Waals surface area contributed by atoms with E-state index in [0.717, 1.165) is 31.4 Å². The monoisotopic (exact) mass is 274 g/mol. The second kappa shape index (κ2) is 5.65. The van der Waals surface area contributed by atoms with E-state index in [4.69, 9.17) is 0 Å². The van der Waals surface area contributed by atoms with E-state index in [2.05, 4.69) is 0 Å². The Hall–Kier alpha value is -1.84. The minimum absolute atomic E-state index is 0.133. The van der Waals surface area contributed by atoms with Crippen LogP contribution in [0.4, 0.5) is 4.39 Å². The molecule has 1 aromatic carbocycles. The molecular weight excluding hydrogens is 255 g/mol. The molecule has 0 N–H and O–H groups in total. The number of hydrogen-bond acceptors (Lipinski definition) is 1. The van der Waals surface area contributed by atoms with Gasteiger partial charge >= 0.3 is 0 Å². The fourth-order valence-corrected chi connectivity index (χ4v) is 2.89. The van der Waals surface area contributed by atoms with Crippen LogP contribution in [0.2, 0.25) is 0 Å². The van der Waals surface area contributed by atoms with Gasteiger partial charge in [-0.25, -0.2) is 4.39 Å². The summed E-state index contributed by atoms with van der Waals surface area (Å²) >= 11 is 0. The van der Waals surface area contributed by atoms with Crippen molar-refractivity contribution in [2.75, 3.05) is 13.1 Å². The van der Waals surface area contributed by atoms with Crippen LogP contribution in [0.1, 0.15) is 25.7 Å². The lowest BCUT2D eigenvalue weighted by molar-refractivity contribution is -0.131. The molecule has 0 spiro atoms. The lowest BCUT2D eigenvalue weighted by Gasteiger charge is -2.20. The number of aromatic nitrogens is 1. The number of halogens is 1. The Labute approximate surface area is 118 Å². The molecule has 4 heteroatoms. The Morgan fingerprint density at radius 1 is 1.10 bits per heavy atom. The summed E-state index contributed by atoms with van der Waals surface area (Å²) < 4.78 is 15.5. The van der Waals surface area contributed by atoms with Crippen molar-refractivity contribution >= 4 is 16.8 Å². The third-order valence-electron chi connectivity index (χ3n) is 4.02. The van der Waals surface area contributed by atoms with Crippen LogP contribution in [-0.4, -0.2) is 28.5 Å². The predicted octanol–water partition coefficient (Wildman–Crippen LogP) is 3.18. The topological polar surface area (TPSA) is 25.2 Å². The Kier molecular flexibility index (Phi) is 3.72. The maximum absolute atomic E-state index is 13.6. The zero-order chi connectivity index (χ0) is 13.9. The zero-order valence-electron chi connectivity index (χ0n) is 11.5. The highest BCUT2D eigenvalue weighted by atomic mass is 19.1. The average molecular weight is 274 g/mol. The summed E-state index contributed by atoms with van der Waals surface area (Å²) in [5, 5.41) is 0.580. The van der Waals surface area contributed by atoms with Crippen molar-refractivity contribution in [3.8, 4) is 0 Å². The van der Waals surface area contributed by atoms with E-state index in [1.54, 1.807) is 18.3 Å². The molecule has 1 saturated heterocycles. The fourth-order valence-electron chi connectivity index (χ4n) is 2.89. The molecule has 0 atom stereocenters. The highest BCUT2D eigenvalue weighted by molar-refractivity contribution is 5.83. The number of fused-ring (bicyclic) bond motifs is 1. The van der Waals surface area contributed by atoms with Crippen molar-refractivity contribution in [2.45, 2.75) is 32.2 Å². The Bertz CT molecular complexity index is 612. The molecule has 20 heavy (non-hydrogen) atoms. The number of nitrogens with zero attached hydrogens (tertiary/aromatic N) is 2. The van der Waals surface area contributed by atoms with Crippen LogP contribution >= 0.6 is 0 Å². The molecule has 0 radical (unpaired) electrons. The Morgan fingerprint density at radius 3 is 2.60 bits per heavy atom. The summed E-state index contributed by atoms with van der Waals surface area (Å²) in [5.74, 6) is -0.0999. The van der Waals surface area contributed by atoms with Crippen LogP contribution in [0.3, 0.4) is 0 Å². The molecule has 0 bridgehead atoms. The summed E-state index contributed by atoms with van der Waals surface area (Å²) in [4.78, 5) is 14.3. The van der Waals surface area contributed by atoms with Gasteiger partial charge in [-0.05, 0) is 31.0 Å². The van der Waals surface area contributed by atoms with Gasteiger partial charge in [-0.2, -0.15) is 0 Å². The summed E-state index contributed by atoms with van der Waals surface area (Å²) in [6.45, 7) is 2.01. The normalized spacial score (nSPS) is 16.4. The van der Waals surface area contributed by atoms with Crippen LogP contribution in [0.25, 0.3) is 10.9 Å². The van der Waals surface area contributed by atoms with Crippen LogP contribution in [0, 0.1) is 5.82 Å². The fraction of sp³-hybridized carbons (Fsp3) is 0.438. The van der Waals surface area contributed by atoms with Gasteiger partial charge in [0.25, 0.3) is 0 Å². The number of rotatable bonds is 2. The molecule has 3 nitrogen and oxygen atoms in total. The third kappa shape index (κ3) is 2.55. The first kappa shape index (κ1) is 13.2. The number of benzene rings is 1. The summed E-state index contributed by atoms with van der Waals surface area (Å²) in [5.41, 5.74) is 0.785. The number of carbonyl (C=O) groups excluding carboxylic acids is 1. The molecule has 1 fully saturated rings. The van der Waals surface area contributed by atoms with Crippen LogP contribution < -0.4 is 0 Å². The quantitative estimate of drug-likeness (QED) is 0.825. The number of amides is 1. The molecule has 106 valence electrons. The largest absolute Gasteiger partial charge is 0.341 e. The molecule has 1 amide bonds. The minimum Gasteiger partial charge on any atom is -0.341 e. The van der Waals surface area contributed by atoms with E-state index in [-0.39, 0.29) is 11.7 Å². The number of hydrogen-bond donors (Lipinski definition) is 0. The first-order valence-electron chi connectivity index (χ1n) is 7.27. The van der Waals surface area contributed by atoms with Crippen LogP contribution in [-0.2, 0) is 11.3 Å². The predicted molar refractivity (Wildman–Crippen MR) is 76.9 cm³/mol. The Morgan fingerprint density at radius 2 is 1.85 bits per heavy atom. The van der Waals surface area contributed by atoms with Crippen LogP contribution in [0.15, 0.2) is 30.5 Å². The summed E-state index contributed by atoms with van der Waals surface area (Å²) in [6, 6.07) is 6.72. The first-order chi connectivity index (χ1) is 9.75. The molecule has 0 saturated carbocycles. The standard InChI is InChI=1S/C16H19FN2O/c17-14-6-5-7-15-13(14)8-11-19(15)12-16(20)18-9-3-1-2-4-10-18/h5-8,11H,1-4,9-10,12H2. The van der Waals surface area contributed by atoms with Crippen molar-refractivity contribution in [1.29, 1.82) is 0 Å². The lowest BCUT2D eigenvalue weighted by Crippen LogP contribution is -2.34. The van der Waals surface area contributed by atoms with Crippen molar-refractivity contribution in [3.63, 3.8) is 0 Å². The van der Waals surface area contributed by atoms with Gasteiger partial charge in [0.05, 0.1) is 5.52 Å². The molecule has 3 rings (SSSR count). The van der Waals surface area contributed by atoms with E-state index in [0.29, 0.717) is 11.9 Å². The highest BCUT2D eigenvalue weighted by Gasteiger charge is 2.16. The zero-order valence-corrected chi connectivity index (χ0v) is 11.5. The summed E-state index contributed by atoms with van der Waals surface area (Å²) in [6.07, 6.45) is 6.39. The maximum Gasteiger partial charge on any atom is 0.242 e. The first-order valence-corrected chi connectivity index (χ1v) is 7.27. The van der Waals surface area contributed by atoms with Gasteiger partial charge in [-0.1, -0.05) is 18.9 Å². The van der Waals surface area contributed by atoms with Gasteiger partial charge < -0.3 is 9.47 Å². The van der Waals surface area contributed by atoms with E-state index in [1.807, 2.05) is 15.5 Å². The van der Waals surface area contributed by atoms with Gasteiger partial charge in [0, 0.05) is 24.7 Å². The molecule has 1 aliphatic heterocycles. The molecule has 2 aromatic rings. The van der Waals surface area contributed by atoms with E-state index >= 15 is 0 Å². The number of carbonyl (C=O) groups is 1. The highest BCUT2D eigenvalue weighted by Crippen LogP contribution is 2.19. The summed E-state index contributed by atoms with van der Waals surface area (Å²) in [7, 11) is 0. The van der Waals surface area contributed by atoms with E-state index < -0.39 is 0 Å². The van der Waals surface area contributed by atoms with Crippen molar-refractivity contribution in [3.05, 3.63) is 36.3 Å².